The first-order chi connectivity index (χ1) is 8.45. The Kier molecular flexibility index (Phi) is 5.44. The molecule has 0 spiro atoms. The summed E-state index contributed by atoms with van der Waals surface area (Å²) in [6.07, 6.45) is -0.0189. The number of hydrogen-bond acceptors (Lipinski definition) is 3. The van der Waals surface area contributed by atoms with Crippen molar-refractivity contribution in [2.45, 2.75) is 18.9 Å². The number of aliphatic hydroxyl groups is 1. The third-order valence-electron chi connectivity index (χ3n) is 2.69. The SMILES string of the molecule is COc1ccc(C(O)CCC(=O)N(C)C)cc1Cl. The molecule has 1 N–H and O–H groups in total. The smallest absolute Gasteiger partial charge is 0.222 e. The predicted octanol–water partition coefficient (Wildman–Crippen LogP) is 2.25. The molecule has 0 aliphatic heterocycles. The van der Waals surface area contributed by atoms with Gasteiger partial charge in [-0.25, -0.2) is 0 Å². The van der Waals surface area contributed by atoms with Gasteiger partial charge in [0.2, 0.25) is 5.91 Å². The third kappa shape index (κ3) is 3.89. The van der Waals surface area contributed by atoms with Gasteiger partial charge < -0.3 is 14.7 Å². The minimum Gasteiger partial charge on any atom is -0.495 e. The Hall–Kier alpha value is -1.26. The average Bonchev–Trinajstić information content (AvgIpc) is 2.35. The van der Waals surface area contributed by atoms with Crippen molar-refractivity contribution >= 4 is 17.5 Å². The van der Waals surface area contributed by atoms with Gasteiger partial charge in [-0.2, -0.15) is 0 Å². The fraction of sp³-hybridized carbons (Fsp3) is 0.462. The molecule has 5 heteroatoms. The Labute approximate surface area is 112 Å². The summed E-state index contributed by atoms with van der Waals surface area (Å²) in [5, 5.41) is 10.4. The van der Waals surface area contributed by atoms with E-state index < -0.39 is 6.10 Å². The Morgan fingerprint density at radius 3 is 2.67 bits per heavy atom. The maximum absolute atomic E-state index is 11.4. The maximum Gasteiger partial charge on any atom is 0.222 e. The van der Waals surface area contributed by atoms with Crippen molar-refractivity contribution < 1.29 is 14.6 Å². The van der Waals surface area contributed by atoms with Gasteiger partial charge in [-0.3, -0.25) is 4.79 Å². The highest BCUT2D eigenvalue weighted by molar-refractivity contribution is 6.32. The largest absolute Gasteiger partial charge is 0.495 e. The standard InChI is InChI=1S/C13H18ClNO3/c1-15(2)13(17)7-5-11(16)9-4-6-12(18-3)10(14)8-9/h4,6,8,11,16H,5,7H2,1-3H3. The van der Waals surface area contributed by atoms with Crippen LogP contribution in [0.15, 0.2) is 18.2 Å². The van der Waals surface area contributed by atoms with Gasteiger partial charge in [0.25, 0.3) is 0 Å². The van der Waals surface area contributed by atoms with Gasteiger partial charge in [-0.1, -0.05) is 17.7 Å². The van der Waals surface area contributed by atoms with E-state index in [0.29, 0.717) is 29.2 Å². The molecule has 1 amide bonds. The molecular weight excluding hydrogens is 254 g/mol. The fourth-order valence-corrected chi connectivity index (χ4v) is 1.81. The summed E-state index contributed by atoms with van der Waals surface area (Å²) in [5.41, 5.74) is 0.687. The van der Waals surface area contributed by atoms with Crippen LogP contribution in [0.25, 0.3) is 0 Å². The number of rotatable bonds is 5. The van der Waals surface area contributed by atoms with Gasteiger partial charge in [0.05, 0.1) is 18.2 Å². The molecule has 0 aromatic heterocycles. The van der Waals surface area contributed by atoms with Crippen molar-refractivity contribution in [1.29, 1.82) is 0 Å². The first kappa shape index (κ1) is 14.8. The summed E-state index contributed by atoms with van der Waals surface area (Å²) in [6.45, 7) is 0. The number of carbonyl (C=O) groups excluding carboxylic acids is 1. The second kappa shape index (κ2) is 6.61. The molecule has 0 bridgehead atoms. The lowest BCUT2D eigenvalue weighted by molar-refractivity contribution is -0.129. The molecule has 0 heterocycles. The van der Waals surface area contributed by atoms with Gasteiger partial charge in [0.1, 0.15) is 5.75 Å². The van der Waals surface area contributed by atoms with Crippen molar-refractivity contribution in [2.24, 2.45) is 0 Å². The number of amides is 1. The lowest BCUT2D eigenvalue weighted by Crippen LogP contribution is -2.21. The van der Waals surface area contributed by atoms with E-state index in [2.05, 4.69) is 0 Å². The van der Waals surface area contributed by atoms with Crippen LogP contribution in [0.5, 0.6) is 5.75 Å². The zero-order valence-electron chi connectivity index (χ0n) is 10.8. The van der Waals surface area contributed by atoms with E-state index >= 15 is 0 Å². The van der Waals surface area contributed by atoms with Gasteiger partial charge >= 0.3 is 0 Å². The number of benzene rings is 1. The minimum atomic E-state index is -0.697. The van der Waals surface area contributed by atoms with Crippen LogP contribution in [-0.2, 0) is 4.79 Å². The van der Waals surface area contributed by atoms with Crippen LogP contribution in [0.4, 0.5) is 0 Å². The van der Waals surface area contributed by atoms with Crippen LogP contribution in [0.2, 0.25) is 5.02 Å². The molecule has 18 heavy (non-hydrogen) atoms. The minimum absolute atomic E-state index is 0.00587. The molecule has 100 valence electrons. The highest BCUT2D eigenvalue weighted by atomic mass is 35.5. The van der Waals surface area contributed by atoms with Crippen LogP contribution in [0, 0.1) is 0 Å². The van der Waals surface area contributed by atoms with Crippen LogP contribution in [-0.4, -0.2) is 37.1 Å². The van der Waals surface area contributed by atoms with E-state index in [1.165, 1.54) is 12.0 Å². The topological polar surface area (TPSA) is 49.8 Å². The first-order valence-corrected chi connectivity index (χ1v) is 6.05. The van der Waals surface area contributed by atoms with E-state index in [4.69, 9.17) is 16.3 Å². The summed E-state index contributed by atoms with van der Waals surface area (Å²) < 4.78 is 5.04. The molecule has 0 radical (unpaired) electrons. The van der Waals surface area contributed by atoms with Gasteiger partial charge in [0.15, 0.2) is 0 Å². The predicted molar refractivity (Wildman–Crippen MR) is 70.9 cm³/mol. The number of hydrogen-bond donors (Lipinski definition) is 1. The van der Waals surface area contributed by atoms with Crippen LogP contribution in [0.1, 0.15) is 24.5 Å². The molecule has 1 atom stereocenters. The number of aliphatic hydroxyl groups excluding tert-OH is 1. The highest BCUT2D eigenvalue weighted by Gasteiger charge is 2.13. The molecule has 1 unspecified atom stereocenters. The summed E-state index contributed by atoms with van der Waals surface area (Å²) in [7, 11) is 4.92. The van der Waals surface area contributed by atoms with Crippen molar-refractivity contribution in [1.82, 2.24) is 4.90 Å². The van der Waals surface area contributed by atoms with E-state index in [0.717, 1.165) is 0 Å². The van der Waals surface area contributed by atoms with Crippen LogP contribution >= 0.6 is 11.6 Å². The third-order valence-corrected chi connectivity index (χ3v) is 2.99. The average molecular weight is 272 g/mol. The number of ether oxygens (including phenoxy) is 1. The summed E-state index contributed by atoms with van der Waals surface area (Å²) >= 11 is 5.98. The Morgan fingerprint density at radius 2 is 2.17 bits per heavy atom. The van der Waals surface area contributed by atoms with Crippen molar-refractivity contribution in [2.75, 3.05) is 21.2 Å². The van der Waals surface area contributed by atoms with E-state index in [9.17, 15) is 9.90 Å². The normalized spacial score (nSPS) is 12.1. The number of nitrogens with zero attached hydrogens (tertiary/aromatic N) is 1. The Morgan fingerprint density at radius 1 is 1.50 bits per heavy atom. The monoisotopic (exact) mass is 271 g/mol. The molecule has 0 saturated carbocycles. The second-order valence-corrected chi connectivity index (χ2v) is 4.64. The van der Waals surface area contributed by atoms with Crippen molar-refractivity contribution in [3.05, 3.63) is 28.8 Å². The molecule has 0 aliphatic rings. The zero-order valence-corrected chi connectivity index (χ0v) is 11.6. The Bertz CT molecular complexity index is 421. The lowest BCUT2D eigenvalue weighted by atomic mass is 10.0. The number of carbonyl (C=O) groups is 1. The molecular formula is C13H18ClNO3. The van der Waals surface area contributed by atoms with Crippen molar-refractivity contribution in [3.63, 3.8) is 0 Å². The van der Waals surface area contributed by atoms with E-state index in [-0.39, 0.29) is 5.91 Å². The summed E-state index contributed by atoms with van der Waals surface area (Å²) in [6, 6.07) is 5.11. The molecule has 1 rings (SSSR count). The van der Waals surface area contributed by atoms with Crippen LogP contribution in [0.3, 0.4) is 0 Å². The van der Waals surface area contributed by atoms with Crippen LogP contribution < -0.4 is 4.74 Å². The molecule has 0 aliphatic carbocycles. The highest BCUT2D eigenvalue weighted by Crippen LogP contribution is 2.29. The first-order valence-electron chi connectivity index (χ1n) is 5.67. The molecule has 1 aromatic rings. The van der Waals surface area contributed by atoms with E-state index in [1.807, 2.05) is 0 Å². The molecule has 0 saturated heterocycles. The fourth-order valence-electron chi connectivity index (χ4n) is 1.54. The molecule has 4 nitrogen and oxygen atoms in total. The number of methoxy groups -OCH3 is 1. The zero-order chi connectivity index (χ0) is 13.7. The summed E-state index contributed by atoms with van der Waals surface area (Å²) in [4.78, 5) is 12.9. The van der Waals surface area contributed by atoms with E-state index in [1.54, 1.807) is 32.3 Å². The number of halogens is 1. The molecule has 1 aromatic carbocycles. The lowest BCUT2D eigenvalue weighted by Gasteiger charge is -2.14. The summed E-state index contributed by atoms with van der Waals surface area (Å²) in [5.74, 6) is 0.561. The van der Waals surface area contributed by atoms with Gasteiger partial charge in [-0.05, 0) is 24.1 Å². The Balaban J connectivity index is 2.64. The van der Waals surface area contributed by atoms with Gasteiger partial charge in [-0.15, -0.1) is 0 Å². The second-order valence-electron chi connectivity index (χ2n) is 4.24. The molecule has 0 fully saturated rings. The maximum atomic E-state index is 11.4. The van der Waals surface area contributed by atoms with Crippen molar-refractivity contribution in [3.8, 4) is 5.75 Å². The quantitative estimate of drug-likeness (QED) is 0.894. The van der Waals surface area contributed by atoms with Gasteiger partial charge in [0, 0.05) is 20.5 Å².